The molecule has 0 radical (unpaired) electrons. The molecule has 0 heterocycles. The zero-order valence-electron chi connectivity index (χ0n) is 14.4. The number of carbonyl (C=O) groups is 1. The highest BCUT2D eigenvalue weighted by atomic mass is 16.5. The van der Waals surface area contributed by atoms with Crippen LogP contribution in [0.1, 0.15) is 23.2 Å². The SMILES string of the molecule is COc1cccc(C(CNC(=O)C(N)c2ccccc2)N(C)C)c1. The Morgan fingerprint density at radius 3 is 2.42 bits per heavy atom. The summed E-state index contributed by atoms with van der Waals surface area (Å²) in [5.41, 5.74) is 7.92. The first-order valence-electron chi connectivity index (χ1n) is 7.91. The molecule has 1 amide bonds. The minimum Gasteiger partial charge on any atom is -0.497 e. The lowest BCUT2D eigenvalue weighted by atomic mass is 10.0. The molecule has 0 fully saturated rings. The number of hydrogen-bond acceptors (Lipinski definition) is 4. The van der Waals surface area contributed by atoms with Crippen molar-refractivity contribution in [3.8, 4) is 5.75 Å². The van der Waals surface area contributed by atoms with Gasteiger partial charge in [0.15, 0.2) is 0 Å². The van der Waals surface area contributed by atoms with Crippen molar-refractivity contribution >= 4 is 5.91 Å². The molecule has 128 valence electrons. The van der Waals surface area contributed by atoms with Gasteiger partial charge in [0.05, 0.1) is 13.2 Å². The fraction of sp³-hybridized carbons (Fsp3) is 0.316. The number of benzene rings is 2. The molecule has 0 saturated heterocycles. The summed E-state index contributed by atoms with van der Waals surface area (Å²) in [5.74, 6) is 0.614. The molecule has 0 aliphatic heterocycles. The molecule has 0 spiro atoms. The van der Waals surface area contributed by atoms with E-state index in [4.69, 9.17) is 10.5 Å². The van der Waals surface area contributed by atoms with Crippen LogP contribution in [0.3, 0.4) is 0 Å². The zero-order valence-corrected chi connectivity index (χ0v) is 14.4. The predicted molar refractivity (Wildman–Crippen MR) is 95.8 cm³/mol. The summed E-state index contributed by atoms with van der Waals surface area (Å²) in [4.78, 5) is 14.4. The minimum absolute atomic E-state index is 0.0343. The summed E-state index contributed by atoms with van der Waals surface area (Å²) in [6, 6.07) is 16.6. The van der Waals surface area contributed by atoms with Crippen molar-refractivity contribution in [1.82, 2.24) is 10.2 Å². The Labute approximate surface area is 143 Å². The lowest BCUT2D eigenvalue weighted by Crippen LogP contribution is -2.39. The van der Waals surface area contributed by atoms with Gasteiger partial charge in [0.1, 0.15) is 11.8 Å². The van der Waals surface area contributed by atoms with Gasteiger partial charge in [-0.25, -0.2) is 0 Å². The maximum atomic E-state index is 12.3. The molecule has 0 aliphatic carbocycles. The number of ether oxygens (including phenoxy) is 1. The number of nitrogens with two attached hydrogens (primary N) is 1. The van der Waals surface area contributed by atoms with Crippen LogP contribution < -0.4 is 15.8 Å². The summed E-state index contributed by atoms with van der Waals surface area (Å²) in [6.45, 7) is 0.472. The maximum Gasteiger partial charge on any atom is 0.241 e. The molecule has 3 N–H and O–H groups in total. The fourth-order valence-corrected chi connectivity index (χ4v) is 2.57. The smallest absolute Gasteiger partial charge is 0.241 e. The van der Waals surface area contributed by atoms with Crippen molar-refractivity contribution in [3.05, 3.63) is 65.7 Å². The molecule has 5 nitrogen and oxygen atoms in total. The number of carbonyl (C=O) groups excluding carboxylic acids is 1. The third-order valence-electron chi connectivity index (χ3n) is 4.01. The van der Waals surface area contributed by atoms with Crippen LogP contribution in [-0.2, 0) is 4.79 Å². The molecule has 2 aromatic rings. The molecule has 24 heavy (non-hydrogen) atoms. The maximum absolute atomic E-state index is 12.3. The predicted octanol–water partition coefficient (Wildman–Crippen LogP) is 2.11. The molecular formula is C19H25N3O2. The number of rotatable bonds is 7. The van der Waals surface area contributed by atoms with Gasteiger partial charge in [-0.3, -0.25) is 4.79 Å². The number of nitrogens with one attached hydrogen (secondary N) is 1. The second-order valence-corrected chi connectivity index (χ2v) is 5.89. The Morgan fingerprint density at radius 1 is 1.12 bits per heavy atom. The van der Waals surface area contributed by atoms with Crippen molar-refractivity contribution in [1.29, 1.82) is 0 Å². The average molecular weight is 327 g/mol. The topological polar surface area (TPSA) is 67.6 Å². The van der Waals surface area contributed by atoms with E-state index in [-0.39, 0.29) is 11.9 Å². The van der Waals surface area contributed by atoms with Crippen LogP contribution >= 0.6 is 0 Å². The van der Waals surface area contributed by atoms with E-state index in [1.807, 2.05) is 68.7 Å². The highest BCUT2D eigenvalue weighted by Gasteiger charge is 2.19. The molecule has 0 aromatic heterocycles. The molecule has 5 heteroatoms. The summed E-state index contributed by atoms with van der Waals surface area (Å²) < 4.78 is 5.28. The van der Waals surface area contributed by atoms with Gasteiger partial charge in [0, 0.05) is 6.54 Å². The normalized spacial score (nSPS) is 13.4. The molecule has 2 unspecified atom stereocenters. The summed E-state index contributed by atoms with van der Waals surface area (Å²) in [7, 11) is 5.60. The van der Waals surface area contributed by atoms with Gasteiger partial charge < -0.3 is 20.7 Å². The highest BCUT2D eigenvalue weighted by Crippen LogP contribution is 2.22. The van der Waals surface area contributed by atoms with Gasteiger partial charge >= 0.3 is 0 Å². The molecule has 0 bridgehead atoms. The van der Waals surface area contributed by atoms with Gasteiger partial charge in [-0.05, 0) is 37.4 Å². The molecule has 2 aromatic carbocycles. The number of hydrogen-bond donors (Lipinski definition) is 2. The Hall–Kier alpha value is -2.37. The Kier molecular flexibility index (Phi) is 6.35. The highest BCUT2D eigenvalue weighted by molar-refractivity contribution is 5.82. The van der Waals surface area contributed by atoms with Crippen LogP contribution in [0.2, 0.25) is 0 Å². The van der Waals surface area contributed by atoms with Crippen LogP contribution in [-0.4, -0.2) is 38.6 Å². The number of nitrogens with zero attached hydrogens (tertiary/aromatic N) is 1. The van der Waals surface area contributed by atoms with Gasteiger partial charge in [-0.2, -0.15) is 0 Å². The van der Waals surface area contributed by atoms with E-state index in [1.54, 1.807) is 7.11 Å². The van der Waals surface area contributed by atoms with Gasteiger partial charge in [-0.1, -0.05) is 42.5 Å². The van der Waals surface area contributed by atoms with Crippen molar-refractivity contribution < 1.29 is 9.53 Å². The van der Waals surface area contributed by atoms with Crippen LogP contribution in [0.5, 0.6) is 5.75 Å². The van der Waals surface area contributed by atoms with E-state index < -0.39 is 6.04 Å². The second kappa shape index (κ2) is 8.47. The molecule has 2 atom stereocenters. The van der Waals surface area contributed by atoms with Crippen molar-refractivity contribution in [2.75, 3.05) is 27.7 Å². The third kappa shape index (κ3) is 4.57. The number of methoxy groups -OCH3 is 1. The summed E-state index contributed by atoms with van der Waals surface area (Å²) in [5, 5.41) is 2.95. The molecule has 2 rings (SSSR count). The summed E-state index contributed by atoms with van der Waals surface area (Å²) >= 11 is 0. The average Bonchev–Trinajstić information content (AvgIpc) is 2.61. The lowest BCUT2D eigenvalue weighted by Gasteiger charge is -2.26. The van der Waals surface area contributed by atoms with Crippen molar-refractivity contribution in [2.45, 2.75) is 12.1 Å². The Balaban J connectivity index is 2.04. The Morgan fingerprint density at radius 2 is 1.79 bits per heavy atom. The third-order valence-corrected chi connectivity index (χ3v) is 4.01. The lowest BCUT2D eigenvalue weighted by molar-refractivity contribution is -0.122. The number of likely N-dealkylation sites (N-methyl/N-ethyl adjacent to an activating group) is 1. The second-order valence-electron chi connectivity index (χ2n) is 5.89. The monoisotopic (exact) mass is 327 g/mol. The van der Waals surface area contributed by atoms with Gasteiger partial charge in [0.2, 0.25) is 5.91 Å². The van der Waals surface area contributed by atoms with Crippen LogP contribution in [0.25, 0.3) is 0 Å². The molecule has 0 saturated carbocycles. The van der Waals surface area contributed by atoms with E-state index in [1.165, 1.54) is 0 Å². The van der Waals surface area contributed by atoms with Crippen molar-refractivity contribution in [2.24, 2.45) is 5.73 Å². The van der Waals surface area contributed by atoms with Crippen molar-refractivity contribution in [3.63, 3.8) is 0 Å². The van der Waals surface area contributed by atoms with Gasteiger partial charge in [-0.15, -0.1) is 0 Å². The Bertz CT molecular complexity index is 659. The summed E-state index contributed by atoms with van der Waals surface area (Å²) in [6.07, 6.45) is 0. The van der Waals surface area contributed by atoms with Gasteiger partial charge in [0.25, 0.3) is 0 Å². The largest absolute Gasteiger partial charge is 0.497 e. The van der Waals surface area contributed by atoms with Crippen LogP contribution in [0.4, 0.5) is 0 Å². The van der Waals surface area contributed by atoms with E-state index in [2.05, 4.69) is 10.2 Å². The quantitative estimate of drug-likeness (QED) is 0.817. The van der Waals surface area contributed by atoms with E-state index in [0.29, 0.717) is 6.54 Å². The first-order valence-corrected chi connectivity index (χ1v) is 7.91. The van der Waals surface area contributed by atoms with Crippen LogP contribution in [0.15, 0.2) is 54.6 Å². The van der Waals surface area contributed by atoms with E-state index >= 15 is 0 Å². The van der Waals surface area contributed by atoms with Crippen LogP contribution in [0, 0.1) is 0 Å². The number of amides is 1. The fourth-order valence-electron chi connectivity index (χ4n) is 2.57. The zero-order chi connectivity index (χ0) is 17.5. The first-order chi connectivity index (χ1) is 11.5. The minimum atomic E-state index is -0.667. The molecular weight excluding hydrogens is 302 g/mol. The van der Waals surface area contributed by atoms with E-state index in [9.17, 15) is 4.79 Å². The standard InChI is InChI=1S/C19H25N3O2/c1-22(2)17(15-10-7-11-16(12-15)24-3)13-21-19(23)18(20)14-8-5-4-6-9-14/h4-12,17-18H,13,20H2,1-3H3,(H,21,23). The molecule has 0 aliphatic rings. The van der Waals surface area contributed by atoms with E-state index in [0.717, 1.165) is 16.9 Å². The first kappa shape index (κ1) is 18.0.